The molecule has 0 saturated carbocycles. The Bertz CT molecular complexity index is 1620. The molecule has 0 spiro atoms. The minimum atomic E-state index is -0.125. The highest BCUT2D eigenvalue weighted by Crippen LogP contribution is 2.22. The van der Waals surface area contributed by atoms with E-state index in [1.54, 1.807) is 17.0 Å². The number of nitrogens with one attached hydrogen (secondary N) is 1. The first-order valence-corrected chi connectivity index (χ1v) is 10.7. The summed E-state index contributed by atoms with van der Waals surface area (Å²) in [5, 5.41) is 16.1. The molecule has 0 atom stereocenters. The molecule has 6 aromatic rings. The number of anilines is 1. The van der Waals surface area contributed by atoms with Crippen molar-refractivity contribution in [3.8, 4) is 22.8 Å². The van der Waals surface area contributed by atoms with Crippen molar-refractivity contribution in [1.82, 2.24) is 34.3 Å². The average molecular weight is 446 g/mol. The Hall–Kier alpha value is -4.92. The first kappa shape index (κ1) is 19.7. The molecule has 164 valence electrons. The largest absolute Gasteiger partial charge is 0.325 e. The summed E-state index contributed by atoms with van der Waals surface area (Å²) < 4.78 is 3.51. The van der Waals surface area contributed by atoms with Gasteiger partial charge in [0.25, 0.3) is 0 Å². The third-order valence-electron chi connectivity index (χ3n) is 5.46. The number of para-hydroxylation sites is 2. The molecular formula is C25H18N8O. The summed E-state index contributed by atoms with van der Waals surface area (Å²) in [7, 11) is 0. The molecule has 0 saturated heterocycles. The van der Waals surface area contributed by atoms with E-state index < -0.39 is 0 Å². The number of nitrogens with zero attached hydrogens (tertiary/aromatic N) is 7. The van der Waals surface area contributed by atoms with Crippen molar-refractivity contribution in [3.05, 3.63) is 91.4 Å². The van der Waals surface area contributed by atoms with Crippen LogP contribution in [0.3, 0.4) is 0 Å². The molecule has 6 rings (SSSR count). The Balaban J connectivity index is 1.21. The van der Waals surface area contributed by atoms with Crippen LogP contribution in [0.1, 0.15) is 0 Å². The number of benzene rings is 2. The third kappa shape index (κ3) is 3.65. The van der Waals surface area contributed by atoms with E-state index in [4.69, 9.17) is 5.10 Å². The Morgan fingerprint density at radius 1 is 0.824 bits per heavy atom. The summed E-state index contributed by atoms with van der Waals surface area (Å²) in [6, 6.07) is 24.7. The number of fused-ring (bicyclic) bond motifs is 2. The minimum absolute atomic E-state index is 0.125. The molecule has 0 aliphatic heterocycles. The van der Waals surface area contributed by atoms with Crippen molar-refractivity contribution in [2.75, 3.05) is 5.32 Å². The zero-order valence-electron chi connectivity index (χ0n) is 17.9. The fourth-order valence-corrected chi connectivity index (χ4v) is 3.81. The summed E-state index contributed by atoms with van der Waals surface area (Å²) in [5.74, 6) is 0.452. The number of hydrogen-bond donors (Lipinski definition) is 1. The molecule has 34 heavy (non-hydrogen) atoms. The number of hydrogen-bond acceptors (Lipinski definition) is 6. The van der Waals surface area contributed by atoms with Crippen LogP contribution >= 0.6 is 0 Å². The number of carbonyl (C=O) groups excluding carboxylic acids is 1. The van der Waals surface area contributed by atoms with E-state index in [-0.39, 0.29) is 12.5 Å². The van der Waals surface area contributed by atoms with Gasteiger partial charge >= 0.3 is 0 Å². The second kappa shape index (κ2) is 8.21. The van der Waals surface area contributed by atoms with Gasteiger partial charge in [0, 0.05) is 17.4 Å². The number of imidazole rings is 1. The molecule has 0 unspecified atom stereocenters. The van der Waals surface area contributed by atoms with Crippen LogP contribution in [0.25, 0.3) is 39.5 Å². The SMILES string of the molecule is O=C(Cn1cnc2ccccc21)Nc1ccc(-c2ccc3nnc(-c4ccccn4)n3n2)cc1. The highest BCUT2D eigenvalue weighted by molar-refractivity contribution is 5.91. The third-order valence-corrected chi connectivity index (χ3v) is 5.46. The van der Waals surface area contributed by atoms with Gasteiger partial charge in [0.2, 0.25) is 11.7 Å². The topological polar surface area (TPSA) is 103 Å². The van der Waals surface area contributed by atoms with Crippen LogP contribution in [0.2, 0.25) is 0 Å². The quantitative estimate of drug-likeness (QED) is 0.432. The first-order valence-electron chi connectivity index (χ1n) is 10.7. The van der Waals surface area contributed by atoms with Crippen molar-refractivity contribution in [1.29, 1.82) is 0 Å². The predicted molar refractivity (Wildman–Crippen MR) is 128 cm³/mol. The molecule has 2 aromatic carbocycles. The van der Waals surface area contributed by atoms with Crippen LogP contribution in [0.4, 0.5) is 5.69 Å². The molecule has 1 amide bonds. The lowest BCUT2D eigenvalue weighted by Gasteiger charge is -2.08. The molecule has 0 aliphatic rings. The smallest absolute Gasteiger partial charge is 0.244 e. The predicted octanol–water partition coefficient (Wildman–Crippen LogP) is 3.84. The Labute approximate surface area is 193 Å². The second-order valence-electron chi connectivity index (χ2n) is 7.71. The van der Waals surface area contributed by atoms with Gasteiger partial charge in [-0.15, -0.1) is 10.2 Å². The van der Waals surface area contributed by atoms with Crippen LogP contribution in [-0.4, -0.2) is 40.3 Å². The summed E-state index contributed by atoms with van der Waals surface area (Å²) >= 11 is 0. The average Bonchev–Trinajstić information content (AvgIpc) is 3.49. The maximum Gasteiger partial charge on any atom is 0.244 e. The molecule has 1 N–H and O–H groups in total. The molecule has 0 fully saturated rings. The molecule has 0 bridgehead atoms. The van der Waals surface area contributed by atoms with Crippen molar-refractivity contribution < 1.29 is 4.79 Å². The van der Waals surface area contributed by atoms with Crippen molar-refractivity contribution >= 4 is 28.3 Å². The van der Waals surface area contributed by atoms with Crippen LogP contribution < -0.4 is 5.32 Å². The van der Waals surface area contributed by atoms with Gasteiger partial charge in [-0.2, -0.15) is 9.61 Å². The maximum atomic E-state index is 12.6. The van der Waals surface area contributed by atoms with E-state index in [0.717, 1.165) is 22.3 Å². The van der Waals surface area contributed by atoms with Crippen LogP contribution in [-0.2, 0) is 11.3 Å². The molecule has 4 aromatic heterocycles. The fourth-order valence-electron chi connectivity index (χ4n) is 3.81. The van der Waals surface area contributed by atoms with Crippen molar-refractivity contribution in [2.45, 2.75) is 6.54 Å². The number of amides is 1. The summed E-state index contributed by atoms with van der Waals surface area (Å²) in [5.41, 5.74) is 5.49. The lowest BCUT2D eigenvalue weighted by atomic mass is 10.1. The van der Waals surface area contributed by atoms with Gasteiger partial charge < -0.3 is 9.88 Å². The zero-order valence-corrected chi connectivity index (χ0v) is 17.9. The van der Waals surface area contributed by atoms with Gasteiger partial charge in [0.05, 0.1) is 23.1 Å². The highest BCUT2D eigenvalue weighted by Gasteiger charge is 2.12. The summed E-state index contributed by atoms with van der Waals surface area (Å²) in [6.45, 7) is 0.185. The molecule has 9 heteroatoms. The molecule has 9 nitrogen and oxygen atoms in total. The van der Waals surface area contributed by atoms with Crippen LogP contribution in [0, 0.1) is 0 Å². The van der Waals surface area contributed by atoms with Gasteiger partial charge in [-0.1, -0.05) is 30.3 Å². The second-order valence-corrected chi connectivity index (χ2v) is 7.71. The number of rotatable bonds is 5. The van der Waals surface area contributed by atoms with Crippen LogP contribution in [0.15, 0.2) is 91.4 Å². The van der Waals surface area contributed by atoms with Gasteiger partial charge in [-0.3, -0.25) is 9.78 Å². The molecular weight excluding hydrogens is 428 g/mol. The van der Waals surface area contributed by atoms with Crippen molar-refractivity contribution in [3.63, 3.8) is 0 Å². The Morgan fingerprint density at radius 3 is 2.53 bits per heavy atom. The molecule has 4 heterocycles. The van der Waals surface area contributed by atoms with Crippen LogP contribution in [0.5, 0.6) is 0 Å². The van der Waals surface area contributed by atoms with Gasteiger partial charge in [-0.25, -0.2) is 4.98 Å². The number of aromatic nitrogens is 7. The molecule has 0 aliphatic carbocycles. The van der Waals surface area contributed by atoms with E-state index >= 15 is 0 Å². The highest BCUT2D eigenvalue weighted by atomic mass is 16.1. The van der Waals surface area contributed by atoms with E-state index in [1.807, 2.05) is 83.4 Å². The zero-order chi connectivity index (χ0) is 22.9. The van der Waals surface area contributed by atoms with Gasteiger partial charge in [-0.05, 0) is 48.5 Å². The Morgan fingerprint density at radius 2 is 1.68 bits per heavy atom. The monoisotopic (exact) mass is 446 g/mol. The summed E-state index contributed by atoms with van der Waals surface area (Å²) in [4.78, 5) is 21.2. The number of pyridine rings is 1. The lowest BCUT2D eigenvalue weighted by Crippen LogP contribution is -2.18. The van der Waals surface area contributed by atoms with E-state index in [9.17, 15) is 4.79 Å². The van der Waals surface area contributed by atoms with Gasteiger partial charge in [0.1, 0.15) is 12.2 Å². The van der Waals surface area contributed by atoms with E-state index in [1.165, 1.54) is 0 Å². The molecule has 0 radical (unpaired) electrons. The summed E-state index contributed by atoms with van der Waals surface area (Å²) in [6.07, 6.45) is 3.39. The normalized spacial score (nSPS) is 11.2. The fraction of sp³-hybridized carbons (Fsp3) is 0.0400. The van der Waals surface area contributed by atoms with E-state index in [2.05, 4.69) is 25.5 Å². The number of carbonyl (C=O) groups is 1. The lowest BCUT2D eigenvalue weighted by molar-refractivity contribution is -0.116. The van der Waals surface area contributed by atoms with E-state index in [0.29, 0.717) is 22.9 Å². The first-order chi connectivity index (χ1) is 16.7. The van der Waals surface area contributed by atoms with Gasteiger partial charge in [0.15, 0.2) is 5.65 Å². The Kier molecular flexibility index (Phi) is 4.77. The standard InChI is InChI=1S/C25H18N8O/c34-24(15-32-16-27-20-5-1-2-7-22(20)32)28-18-10-8-17(9-11-18)19-12-13-23-29-30-25(33(23)31-19)21-6-3-4-14-26-21/h1-14,16H,15H2,(H,28,34). The minimum Gasteiger partial charge on any atom is -0.325 e. The maximum absolute atomic E-state index is 12.6. The van der Waals surface area contributed by atoms with Crippen molar-refractivity contribution in [2.24, 2.45) is 0 Å².